The van der Waals surface area contributed by atoms with Crippen LogP contribution >= 0.6 is 11.3 Å². The lowest BCUT2D eigenvalue weighted by molar-refractivity contribution is 0.150. The van der Waals surface area contributed by atoms with Crippen LogP contribution in [0.3, 0.4) is 0 Å². The third kappa shape index (κ3) is 4.54. The number of sulfonamides is 1. The normalized spacial score (nSPS) is 24.4. The second-order valence-corrected chi connectivity index (χ2v) is 12.4. The van der Waals surface area contributed by atoms with Crippen LogP contribution in [0.25, 0.3) is 16.2 Å². The van der Waals surface area contributed by atoms with Gasteiger partial charge in [-0.1, -0.05) is 11.3 Å². The smallest absolute Gasteiger partial charge is 0.291 e. The molecule has 3 atom stereocenters. The second-order valence-electron chi connectivity index (χ2n) is 9.67. The Labute approximate surface area is 205 Å². The van der Waals surface area contributed by atoms with Gasteiger partial charge in [-0.15, -0.1) is 10.2 Å². The monoisotopic (exact) mass is 528 g/mol. The largest absolute Gasteiger partial charge is 0.364 e. The number of piperazine rings is 1. The van der Waals surface area contributed by atoms with Gasteiger partial charge in [-0.05, 0) is 51.8 Å². The summed E-state index contributed by atoms with van der Waals surface area (Å²) in [5, 5.41) is 10.6. The zero-order chi connectivity index (χ0) is 25.1. The van der Waals surface area contributed by atoms with E-state index in [4.69, 9.17) is 0 Å². The van der Waals surface area contributed by atoms with Gasteiger partial charge in [0.2, 0.25) is 10.0 Å². The number of nitrogens with zero attached hydrogens (tertiary/aromatic N) is 4. The van der Waals surface area contributed by atoms with Crippen molar-refractivity contribution in [3.05, 3.63) is 29.4 Å². The standard InChI is InChI=1S/C22H27F3N6O2S2/c1-12-10-30(13(2)15(9-23)26-12)18-8-14(35(32,33)29-22(3)6-7-22)11-31-16(18)4-5-17(31)20-27-28-21(34-20)19(24)25/h4-5,8,11-13,15,19,26,29H,6-7,9-10H2,1-3H3/t12-,13-,15-/m0/s1. The molecule has 2 fully saturated rings. The Hall–Kier alpha value is -2.22. The predicted octanol–water partition coefficient (Wildman–Crippen LogP) is 3.75. The van der Waals surface area contributed by atoms with Crippen LogP contribution in [0, 0.1) is 0 Å². The summed E-state index contributed by atoms with van der Waals surface area (Å²) in [7, 11) is -3.88. The summed E-state index contributed by atoms with van der Waals surface area (Å²) in [6.45, 7) is 5.67. The minimum Gasteiger partial charge on any atom is -0.364 e. The van der Waals surface area contributed by atoms with Crippen molar-refractivity contribution < 1.29 is 21.6 Å². The maximum atomic E-state index is 13.8. The van der Waals surface area contributed by atoms with E-state index in [1.165, 1.54) is 6.20 Å². The molecule has 190 valence electrons. The Morgan fingerprint density at radius 1 is 1.29 bits per heavy atom. The van der Waals surface area contributed by atoms with Crippen molar-refractivity contribution >= 4 is 32.6 Å². The fourth-order valence-electron chi connectivity index (χ4n) is 4.55. The van der Waals surface area contributed by atoms with Crippen LogP contribution in [0.4, 0.5) is 18.9 Å². The lowest BCUT2D eigenvalue weighted by Gasteiger charge is -2.44. The third-order valence-corrected chi connectivity index (χ3v) is 9.33. The van der Waals surface area contributed by atoms with Gasteiger partial charge in [0, 0.05) is 30.4 Å². The molecule has 5 rings (SSSR count). The lowest BCUT2D eigenvalue weighted by atomic mass is 10.0. The number of fused-ring (bicyclic) bond motifs is 1. The van der Waals surface area contributed by atoms with E-state index in [1.807, 2.05) is 25.7 Å². The fourth-order valence-corrected chi connectivity index (χ4v) is 6.75. The molecule has 1 saturated heterocycles. The summed E-state index contributed by atoms with van der Waals surface area (Å²) in [6.07, 6.45) is 0.237. The molecule has 0 aromatic carbocycles. The van der Waals surface area contributed by atoms with Gasteiger partial charge >= 0.3 is 0 Å². The van der Waals surface area contributed by atoms with Crippen LogP contribution < -0.4 is 14.9 Å². The number of alkyl halides is 3. The summed E-state index contributed by atoms with van der Waals surface area (Å²) >= 11 is 0.762. The van der Waals surface area contributed by atoms with E-state index in [0.29, 0.717) is 23.4 Å². The minimum atomic E-state index is -3.88. The van der Waals surface area contributed by atoms with Crippen molar-refractivity contribution in [3.8, 4) is 10.7 Å². The summed E-state index contributed by atoms with van der Waals surface area (Å²) in [5.74, 6) is 0. The Balaban J connectivity index is 1.68. The first kappa shape index (κ1) is 24.5. The van der Waals surface area contributed by atoms with Gasteiger partial charge in [-0.25, -0.2) is 26.3 Å². The third-order valence-electron chi connectivity index (χ3n) is 6.77. The SMILES string of the molecule is C[C@H]1CN(c2cc(S(=O)(=O)NC3(C)CC3)cn3c(-c4nnc(C(F)F)s4)ccc23)[C@@H](C)[C@H](CF)N1. The number of hydrogen-bond acceptors (Lipinski definition) is 7. The number of halogens is 3. The first-order valence-corrected chi connectivity index (χ1v) is 13.7. The lowest BCUT2D eigenvalue weighted by Crippen LogP contribution is -2.61. The molecule has 4 heterocycles. The highest BCUT2D eigenvalue weighted by Gasteiger charge is 2.42. The molecule has 1 aliphatic heterocycles. The Kier molecular flexibility index (Phi) is 6.09. The highest BCUT2D eigenvalue weighted by atomic mass is 32.2. The zero-order valence-corrected chi connectivity index (χ0v) is 21.1. The summed E-state index contributed by atoms with van der Waals surface area (Å²) in [5.41, 5.74) is 1.27. The van der Waals surface area contributed by atoms with E-state index in [-0.39, 0.29) is 22.0 Å². The van der Waals surface area contributed by atoms with Crippen molar-refractivity contribution in [1.29, 1.82) is 0 Å². The van der Waals surface area contributed by atoms with Gasteiger partial charge in [-0.2, -0.15) is 0 Å². The molecule has 3 aromatic rings. The first-order valence-electron chi connectivity index (χ1n) is 11.4. The molecule has 0 bridgehead atoms. The van der Waals surface area contributed by atoms with Gasteiger partial charge in [0.05, 0.1) is 22.9 Å². The maximum absolute atomic E-state index is 13.8. The van der Waals surface area contributed by atoms with E-state index in [0.717, 1.165) is 24.2 Å². The number of rotatable bonds is 7. The minimum absolute atomic E-state index is 0.0260. The molecular formula is C22H27F3N6O2S2. The van der Waals surface area contributed by atoms with Crippen molar-refractivity contribution in [2.45, 2.75) is 68.6 Å². The van der Waals surface area contributed by atoms with Crippen LogP contribution in [0.2, 0.25) is 0 Å². The van der Waals surface area contributed by atoms with Crippen LogP contribution in [-0.4, -0.2) is 59.9 Å². The van der Waals surface area contributed by atoms with Crippen LogP contribution in [0.5, 0.6) is 0 Å². The maximum Gasteiger partial charge on any atom is 0.291 e. The summed E-state index contributed by atoms with van der Waals surface area (Å²) in [4.78, 5) is 2.05. The average molecular weight is 529 g/mol. The molecule has 0 spiro atoms. The average Bonchev–Trinajstić information content (AvgIpc) is 3.18. The van der Waals surface area contributed by atoms with E-state index in [1.54, 1.807) is 22.6 Å². The molecule has 1 saturated carbocycles. The molecule has 0 radical (unpaired) electrons. The second kappa shape index (κ2) is 8.71. The summed E-state index contributed by atoms with van der Waals surface area (Å²) < 4.78 is 71.2. The molecule has 2 aliphatic rings. The Bertz CT molecular complexity index is 1350. The highest BCUT2D eigenvalue weighted by molar-refractivity contribution is 7.89. The Morgan fingerprint density at radius 2 is 2.03 bits per heavy atom. The Morgan fingerprint density at radius 3 is 2.66 bits per heavy atom. The molecule has 8 nitrogen and oxygen atoms in total. The van der Waals surface area contributed by atoms with E-state index < -0.39 is 39.7 Å². The first-order chi connectivity index (χ1) is 16.5. The highest BCUT2D eigenvalue weighted by Crippen LogP contribution is 2.38. The van der Waals surface area contributed by atoms with Crippen molar-refractivity contribution in [3.63, 3.8) is 0 Å². The fraction of sp³-hybridized carbons (Fsp3) is 0.545. The van der Waals surface area contributed by atoms with Gasteiger partial charge in [0.25, 0.3) is 6.43 Å². The molecule has 35 heavy (non-hydrogen) atoms. The van der Waals surface area contributed by atoms with Crippen LogP contribution in [0.1, 0.15) is 45.0 Å². The number of aromatic nitrogens is 3. The van der Waals surface area contributed by atoms with Gasteiger partial charge in [0.15, 0.2) is 10.0 Å². The molecule has 1 aliphatic carbocycles. The molecular weight excluding hydrogens is 501 g/mol. The van der Waals surface area contributed by atoms with Crippen molar-refractivity contribution in [2.75, 3.05) is 18.1 Å². The van der Waals surface area contributed by atoms with Crippen LogP contribution in [0.15, 0.2) is 29.3 Å². The van der Waals surface area contributed by atoms with Gasteiger partial charge < -0.3 is 14.6 Å². The van der Waals surface area contributed by atoms with Gasteiger partial charge in [0.1, 0.15) is 11.6 Å². The van der Waals surface area contributed by atoms with E-state index >= 15 is 0 Å². The van der Waals surface area contributed by atoms with Crippen molar-refractivity contribution in [2.24, 2.45) is 0 Å². The molecule has 13 heteroatoms. The number of anilines is 1. The number of nitrogens with one attached hydrogen (secondary N) is 2. The van der Waals surface area contributed by atoms with E-state index in [2.05, 4.69) is 20.2 Å². The van der Waals surface area contributed by atoms with E-state index in [9.17, 15) is 21.6 Å². The summed E-state index contributed by atoms with van der Waals surface area (Å²) in [6, 6.07) is 4.42. The van der Waals surface area contributed by atoms with Crippen LogP contribution in [-0.2, 0) is 10.0 Å². The number of pyridine rings is 1. The number of hydrogen-bond donors (Lipinski definition) is 2. The molecule has 2 N–H and O–H groups in total. The predicted molar refractivity (Wildman–Crippen MR) is 128 cm³/mol. The molecule has 0 unspecified atom stereocenters. The molecule has 0 amide bonds. The zero-order valence-electron chi connectivity index (χ0n) is 19.5. The quantitative estimate of drug-likeness (QED) is 0.486. The van der Waals surface area contributed by atoms with Gasteiger partial charge in [-0.3, -0.25) is 0 Å². The molecule has 3 aromatic heterocycles. The van der Waals surface area contributed by atoms with Crippen molar-refractivity contribution in [1.82, 2.24) is 24.6 Å². The topological polar surface area (TPSA) is 91.6 Å².